The van der Waals surface area contributed by atoms with E-state index in [2.05, 4.69) is 30.5 Å². The maximum atomic E-state index is 4.96. The van der Waals surface area contributed by atoms with Crippen LogP contribution >= 0.6 is 11.8 Å². The zero-order valence-corrected chi connectivity index (χ0v) is 9.81. The van der Waals surface area contributed by atoms with Gasteiger partial charge in [-0.2, -0.15) is 0 Å². The molecule has 0 N–H and O–H groups in total. The Morgan fingerprint density at radius 3 is 2.80 bits per heavy atom. The third-order valence-electron chi connectivity index (χ3n) is 3.65. The second kappa shape index (κ2) is 3.38. The molecule has 0 amide bonds. The number of aryl methyl sites for hydroxylation is 1. The van der Waals surface area contributed by atoms with Gasteiger partial charge in [-0.1, -0.05) is 24.3 Å². The smallest absolute Gasteiger partial charge is 0.0875 e. The van der Waals surface area contributed by atoms with E-state index in [1.54, 1.807) is 0 Å². The molecule has 1 aliphatic heterocycles. The first-order valence-corrected chi connectivity index (χ1v) is 6.78. The first-order valence-electron chi connectivity index (χ1n) is 5.55. The molecular weight excluding hydrogens is 202 g/mol. The van der Waals surface area contributed by atoms with Crippen molar-refractivity contribution in [2.45, 2.75) is 31.2 Å². The predicted molar refractivity (Wildman–Crippen MR) is 66.6 cm³/mol. The van der Waals surface area contributed by atoms with Crippen molar-refractivity contribution in [3.63, 3.8) is 0 Å². The van der Waals surface area contributed by atoms with Crippen LogP contribution < -0.4 is 0 Å². The van der Waals surface area contributed by atoms with Crippen molar-refractivity contribution in [3.05, 3.63) is 35.4 Å². The fraction of sp³-hybridized carbons (Fsp3) is 0.462. The van der Waals surface area contributed by atoms with E-state index in [0.717, 1.165) is 0 Å². The minimum Gasteiger partial charge on any atom is -0.271 e. The summed E-state index contributed by atoms with van der Waals surface area (Å²) in [6, 6.07) is 8.83. The Kier molecular flexibility index (Phi) is 2.13. The van der Waals surface area contributed by atoms with Gasteiger partial charge in [0.15, 0.2) is 0 Å². The van der Waals surface area contributed by atoms with Gasteiger partial charge in [-0.05, 0) is 43.1 Å². The molecule has 1 aromatic carbocycles. The molecule has 0 fully saturated rings. The molecule has 78 valence electrons. The third-order valence-corrected chi connectivity index (χ3v) is 4.42. The van der Waals surface area contributed by atoms with Crippen LogP contribution in [0.2, 0.25) is 0 Å². The minimum absolute atomic E-state index is 0.162. The molecule has 15 heavy (non-hydrogen) atoms. The molecule has 1 unspecified atom stereocenters. The standard InChI is InChI=1S/C13H15NS/c1-15-12-7-9-13(14-12)8-6-10-4-2-3-5-11(10)13/h2-5H,6-9H2,1H3. The Hall–Kier alpha value is -0.760. The molecule has 1 nitrogen and oxygen atoms in total. The maximum Gasteiger partial charge on any atom is 0.0875 e. The predicted octanol–water partition coefficient (Wildman–Crippen LogP) is 3.38. The lowest BCUT2D eigenvalue weighted by molar-refractivity contribution is 0.445. The summed E-state index contributed by atoms with van der Waals surface area (Å²) in [5.41, 5.74) is 3.17. The van der Waals surface area contributed by atoms with E-state index in [4.69, 9.17) is 4.99 Å². The van der Waals surface area contributed by atoms with Crippen molar-refractivity contribution < 1.29 is 0 Å². The minimum atomic E-state index is 0.162. The monoisotopic (exact) mass is 217 g/mol. The molecule has 1 heterocycles. The number of rotatable bonds is 0. The number of nitrogens with zero attached hydrogens (tertiary/aromatic N) is 1. The molecule has 0 radical (unpaired) electrons. The van der Waals surface area contributed by atoms with E-state index in [1.807, 2.05) is 11.8 Å². The Morgan fingerprint density at radius 2 is 2.00 bits per heavy atom. The molecule has 3 rings (SSSR count). The number of benzene rings is 1. The van der Waals surface area contributed by atoms with Gasteiger partial charge in [-0.15, -0.1) is 11.8 Å². The fourth-order valence-electron chi connectivity index (χ4n) is 2.86. The SMILES string of the molecule is CSC1=NC2(CC1)CCc1ccccc12. The highest BCUT2D eigenvalue weighted by atomic mass is 32.2. The van der Waals surface area contributed by atoms with E-state index < -0.39 is 0 Å². The van der Waals surface area contributed by atoms with Gasteiger partial charge in [0.25, 0.3) is 0 Å². The quantitative estimate of drug-likeness (QED) is 0.649. The third kappa shape index (κ3) is 1.35. The van der Waals surface area contributed by atoms with Gasteiger partial charge in [0, 0.05) is 0 Å². The number of thioether (sulfide) groups is 1. The molecule has 1 aromatic rings. The van der Waals surface area contributed by atoms with Crippen LogP contribution in [-0.2, 0) is 12.0 Å². The summed E-state index contributed by atoms with van der Waals surface area (Å²) in [6.07, 6.45) is 6.96. The normalized spacial score (nSPS) is 28.2. The van der Waals surface area contributed by atoms with Crippen molar-refractivity contribution in [1.29, 1.82) is 0 Å². The van der Waals surface area contributed by atoms with Crippen molar-refractivity contribution in [2.24, 2.45) is 4.99 Å². The van der Waals surface area contributed by atoms with Crippen LogP contribution in [0.15, 0.2) is 29.3 Å². The molecule has 0 saturated carbocycles. The zero-order valence-electron chi connectivity index (χ0n) is 8.99. The molecule has 1 spiro atoms. The summed E-state index contributed by atoms with van der Waals surface area (Å²) in [5, 5.41) is 1.34. The lowest BCUT2D eigenvalue weighted by Gasteiger charge is -2.20. The van der Waals surface area contributed by atoms with Crippen molar-refractivity contribution in [1.82, 2.24) is 0 Å². The van der Waals surface area contributed by atoms with Gasteiger partial charge in [-0.25, -0.2) is 0 Å². The highest BCUT2D eigenvalue weighted by molar-refractivity contribution is 8.13. The highest BCUT2D eigenvalue weighted by Crippen LogP contribution is 2.47. The number of hydrogen-bond acceptors (Lipinski definition) is 2. The first kappa shape index (κ1) is 9.46. The van der Waals surface area contributed by atoms with Crippen LogP contribution in [-0.4, -0.2) is 11.3 Å². The van der Waals surface area contributed by atoms with Crippen LogP contribution in [0, 0.1) is 0 Å². The Bertz CT molecular complexity index is 424. The summed E-state index contributed by atoms with van der Waals surface area (Å²) in [5.74, 6) is 0. The summed E-state index contributed by atoms with van der Waals surface area (Å²) >= 11 is 1.82. The molecule has 1 aliphatic carbocycles. The summed E-state index contributed by atoms with van der Waals surface area (Å²) in [6.45, 7) is 0. The van der Waals surface area contributed by atoms with E-state index in [-0.39, 0.29) is 5.54 Å². The van der Waals surface area contributed by atoms with Crippen molar-refractivity contribution in [2.75, 3.05) is 6.26 Å². The van der Waals surface area contributed by atoms with Gasteiger partial charge >= 0.3 is 0 Å². The lowest BCUT2D eigenvalue weighted by atomic mass is 9.90. The van der Waals surface area contributed by atoms with Crippen LogP contribution in [0.25, 0.3) is 0 Å². The Balaban J connectivity index is 2.07. The maximum absolute atomic E-state index is 4.96. The van der Waals surface area contributed by atoms with Gasteiger partial charge in [0.05, 0.1) is 10.6 Å². The highest BCUT2D eigenvalue weighted by Gasteiger charge is 2.41. The molecule has 2 heteroatoms. The summed E-state index contributed by atoms with van der Waals surface area (Å²) in [7, 11) is 0. The Morgan fingerprint density at radius 1 is 1.20 bits per heavy atom. The average molecular weight is 217 g/mol. The molecule has 2 aliphatic rings. The van der Waals surface area contributed by atoms with Crippen LogP contribution in [0.3, 0.4) is 0 Å². The van der Waals surface area contributed by atoms with Gasteiger partial charge < -0.3 is 0 Å². The van der Waals surface area contributed by atoms with E-state index in [9.17, 15) is 0 Å². The molecule has 1 atom stereocenters. The van der Waals surface area contributed by atoms with Crippen LogP contribution in [0.1, 0.15) is 30.4 Å². The molecule has 0 bridgehead atoms. The number of aliphatic imine (C=N–C) groups is 1. The molecule has 0 aromatic heterocycles. The molecular formula is C13H15NS. The second-order valence-corrected chi connectivity index (χ2v) is 5.28. The number of hydrogen-bond donors (Lipinski definition) is 0. The summed E-state index contributed by atoms with van der Waals surface area (Å²) < 4.78 is 0. The van der Waals surface area contributed by atoms with Gasteiger partial charge in [-0.3, -0.25) is 4.99 Å². The largest absolute Gasteiger partial charge is 0.271 e. The van der Waals surface area contributed by atoms with Gasteiger partial charge in [0.1, 0.15) is 0 Å². The van der Waals surface area contributed by atoms with E-state index in [0.29, 0.717) is 0 Å². The second-order valence-electron chi connectivity index (χ2n) is 4.40. The lowest BCUT2D eigenvalue weighted by Crippen LogP contribution is -2.15. The van der Waals surface area contributed by atoms with Crippen LogP contribution in [0.4, 0.5) is 0 Å². The van der Waals surface area contributed by atoms with Crippen molar-refractivity contribution >= 4 is 16.8 Å². The summed E-state index contributed by atoms with van der Waals surface area (Å²) in [4.78, 5) is 4.96. The topological polar surface area (TPSA) is 12.4 Å². The van der Waals surface area contributed by atoms with E-state index >= 15 is 0 Å². The first-order chi connectivity index (χ1) is 7.34. The fourth-order valence-corrected chi connectivity index (χ4v) is 3.43. The van der Waals surface area contributed by atoms with Gasteiger partial charge in [0.2, 0.25) is 0 Å². The Labute approximate surface area is 95.0 Å². The van der Waals surface area contributed by atoms with E-state index in [1.165, 1.54) is 41.9 Å². The molecule has 0 saturated heterocycles. The average Bonchev–Trinajstić information content (AvgIpc) is 2.86. The van der Waals surface area contributed by atoms with Crippen LogP contribution in [0.5, 0.6) is 0 Å². The number of fused-ring (bicyclic) bond motifs is 2. The van der Waals surface area contributed by atoms with Crippen molar-refractivity contribution in [3.8, 4) is 0 Å². The zero-order chi connectivity index (χ0) is 10.3.